The number of guanidine groups is 1. The predicted molar refractivity (Wildman–Crippen MR) is 103 cm³/mol. The van der Waals surface area contributed by atoms with Crippen molar-refractivity contribution in [1.82, 2.24) is 15.5 Å². The highest BCUT2D eigenvalue weighted by Crippen LogP contribution is 2.46. The highest BCUT2D eigenvalue weighted by molar-refractivity contribution is 5.96. The van der Waals surface area contributed by atoms with Crippen LogP contribution < -0.4 is 16.4 Å². The molecule has 1 aromatic rings. The fourth-order valence-electron chi connectivity index (χ4n) is 2.92. The number of carbonyl (C=O) groups is 2. The lowest BCUT2D eigenvalue weighted by molar-refractivity contribution is -0.117. The van der Waals surface area contributed by atoms with Gasteiger partial charge in [0.2, 0.25) is 5.91 Å². The minimum Gasteiger partial charge on any atom is -0.368 e. The van der Waals surface area contributed by atoms with Crippen LogP contribution in [0.25, 0.3) is 0 Å². The Morgan fingerprint density at radius 3 is 2.23 bits per heavy atom. The first-order chi connectivity index (χ1) is 12.1. The first-order valence-corrected chi connectivity index (χ1v) is 8.72. The van der Waals surface area contributed by atoms with E-state index < -0.39 is 5.91 Å². The number of rotatable bonds is 5. The van der Waals surface area contributed by atoms with Crippen molar-refractivity contribution in [3.8, 4) is 0 Å². The molecule has 0 atom stereocenters. The number of carbonyl (C=O) groups excluding carboxylic acids is 2. The normalized spacial score (nSPS) is 18.0. The molecule has 1 saturated heterocycles. The summed E-state index contributed by atoms with van der Waals surface area (Å²) in [5.74, 6) is -0.0102. The molecule has 4 N–H and O–H groups in total. The molecule has 1 fully saturated rings. The van der Waals surface area contributed by atoms with Gasteiger partial charge in [0.25, 0.3) is 5.91 Å². The second-order valence-corrected chi connectivity index (χ2v) is 7.78. The molecule has 7 heteroatoms. The minimum absolute atomic E-state index is 0.0389. The molecule has 0 aliphatic carbocycles. The smallest absolute Gasteiger partial charge is 0.251 e. The first kappa shape index (κ1) is 19.8. The lowest BCUT2D eigenvalue weighted by atomic mass is 9.65. The van der Waals surface area contributed by atoms with Crippen molar-refractivity contribution < 1.29 is 9.59 Å². The molecule has 2 rings (SSSR count). The number of likely N-dealkylation sites (tertiary alicyclic amines) is 1. The van der Waals surface area contributed by atoms with E-state index in [0.29, 0.717) is 12.1 Å². The van der Waals surface area contributed by atoms with Crippen molar-refractivity contribution in [2.24, 2.45) is 16.1 Å². The van der Waals surface area contributed by atoms with E-state index in [1.54, 1.807) is 19.2 Å². The molecule has 0 unspecified atom stereocenters. The molecule has 1 heterocycles. The average molecular weight is 359 g/mol. The van der Waals surface area contributed by atoms with E-state index in [9.17, 15) is 9.59 Å². The van der Waals surface area contributed by atoms with Crippen LogP contribution in [0.15, 0.2) is 29.3 Å². The second kappa shape index (κ2) is 7.35. The summed E-state index contributed by atoms with van der Waals surface area (Å²) in [4.78, 5) is 29.3. The highest BCUT2D eigenvalue weighted by atomic mass is 16.2. The van der Waals surface area contributed by atoms with Crippen LogP contribution in [0.5, 0.6) is 0 Å². The number of primary amides is 1. The number of hydrogen-bond acceptors (Lipinski definition) is 3. The zero-order valence-electron chi connectivity index (χ0n) is 16.2. The van der Waals surface area contributed by atoms with Gasteiger partial charge in [-0.15, -0.1) is 0 Å². The lowest BCUT2D eigenvalue weighted by Crippen LogP contribution is -2.72. The second-order valence-electron chi connectivity index (χ2n) is 7.78. The van der Waals surface area contributed by atoms with Gasteiger partial charge in [-0.2, -0.15) is 0 Å². The van der Waals surface area contributed by atoms with Crippen LogP contribution in [-0.4, -0.2) is 48.3 Å². The van der Waals surface area contributed by atoms with E-state index in [0.717, 1.165) is 18.1 Å². The monoisotopic (exact) mass is 359 g/mol. The largest absolute Gasteiger partial charge is 0.368 e. The molecular formula is C19H29N5O2. The van der Waals surface area contributed by atoms with Crippen LogP contribution in [0.2, 0.25) is 0 Å². The Hall–Kier alpha value is -2.57. The number of aliphatic imine (C=N–C) groups is 1. The van der Waals surface area contributed by atoms with Crippen molar-refractivity contribution in [2.75, 3.05) is 20.1 Å². The molecule has 0 spiro atoms. The number of hydrogen-bond donors (Lipinski definition) is 3. The van der Waals surface area contributed by atoms with E-state index in [-0.39, 0.29) is 23.4 Å². The Morgan fingerprint density at radius 1 is 1.15 bits per heavy atom. The maximum atomic E-state index is 11.9. The quantitative estimate of drug-likeness (QED) is 0.541. The number of benzene rings is 1. The molecule has 0 bridgehead atoms. The van der Waals surface area contributed by atoms with Crippen LogP contribution in [0.1, 0.15) is 43.6 Å². The van der Waals surface area contributed by atoms with Gasteiger partial charge in [-0.1, -0.05) is 26.0 Å². The SMILES string of the molecule is CN=C(NCc1ccc(C(=O)NCC(N)=O)cc1)N1CC(C)(C)C1(C)C. The third kappa shape index (κ3) is 3.98. The van der Waals surface area contributed by atoms with Gasteiger partial charge in [-0.05, 0) is 31.5 Å². The molecule has 26 heavy (non-hydrogen) atoms. The van der Waals surface area contributed by atoms with Crippen molar-refractivity contribution in [2.45, 2.75) is 39.8 Å². The van der Waals surface area contributed by atoms with Crippen LogP contribution >= 0.6 is 0 Å². The summed E-state index contributed by atoms with van der Waals surface area (Å²) in [6.07, 6.45) is 0. The Labute approximate surface area is 155 Å². The van der Waals surface area contributed by atoms with Gasteiger partial charge in [0, 0.05) is 36.7 Å². The van der Waals surface area contributed by atoms with Gasteiger partial charge in [-0.3, -0.25) is 14.6 Å². The highest BCUT2D eigenvalue weighted by Gasteiger charge is 2.53. The van der Waals surface area contributed by atoms with E-state index in [4.69, 9.17) is 5.73 Å². The summed E-state index contributed by atoms with van der Waals surface area (Å²) < 4.78 is 0. The van der Waals surface area contributed by atoms with Gasteiger partial charge < -0.3 is 21.3 Å². The average Bonchev–Trinajstić information content (AvgIpc) is 2.59. The van der Waals surface area contributed by atoms with Gasteiger partial charge in [-0.25, -0.2) is 0 Å². The molecule has 7 nitrogen and oxygen atoms in total. The molecule has 1 aromatic carbocycles. The van der Waals surface area contributed by atoms with Crippen LogP contribution in [0.3, 0.4) is 0 Å². The van der Waals surface area contributed by atoms with E-state index in [1.807, 2.05) is 12.1 Å². The Kier molecular flexibility index (Phi) is 5.59. The summed E-state index contributed by atoms with van der Waals surface area (Å²) >= 11 is 0. The topological polar surface area (TPSA) is 99.8 Å². The van der Waals surface area contributed by atoms with Crippen LogP contribution in [-0.2, 0) is 11.3 Å². The van der Waals surface area contributed by atoms with E-state index in [1.165, 1.54) is 0 Å². The molecule has 0 aromatic heterocycles. The number of nitrogens with one attached hydrogen (secondary N) is 2. The van der Waals surface area contributed by atoms with Crippen LogP contribution in [0, 0.1) is 5.41 Å². The number of nitrogens with zero attached hydrogens (tertiary/aromatic N) is 2. The zero-order valence-corrected chi connectivity index (χ0v) is 16.2. The molecular weight excluding hydrogens is 330 g/mol. The Bertz CT molecular complexity index is 707. The van der Waals surface area contributed by atoms with E-state index >= 15 is 0 Å². The summed E-state index contributed by atoms with van der Waals surface area (Å²) in [5.41, 5.74) is 6.83. The molecule has 142 valence electrons. The van der Waals surface area contributed by atoms with Gasteiger partial charge in [0.1, 0.15) is 0 Å². The fourth-order valence-corrected chi connectivity index (χ4v) is 2.92. The minimum atomic E-state index is -0.567. The molecule has 1 aliphatic heterocycles. The molecule has 2 amide bonds. The number of nitrogens with two attached hydrogens (primary N) is 1. The molecule has 0 saturated carbocycles. The van der Waals surface area contributed by atoms with Crippen molar-refractivity contribution in [3.05, 3.63) is 35.4 Å². The Balaban J connectivity index is 1.93. The van der Waals surface area contributed by atoms with Crippen LogP contribution in [0.4, 0.5) is 0 Å². The zero-order chi connectivity index (χ0) is 19.5. The van der Waals surface area contributed by atoms with Crippen molar-refractivity contribution >= 4 is 17.8 Å². The summed E-state index contributed by atoms with van der Waals surface area (Å²) in [7, 11) is 1.79. The van der Waals surface area contributed by atoms with Crippen molar-refractivity contribution in [3.63, 3.8) is 0 Å². The van der Waals surface area contributed by atoms with Gasteiger partial charge in [0.15, 0.2) is 5.96 Å². The maximum absolute atomic E-state index is 11.9. The maximum Gasteiger partial charge on any atom is 0.251 e. The number of amides is 2. The standard InChI is InChI=1S/C19H29N5O2/c1-18(2)12-24(19(18,3)4)17(21-5)23-10-13-6-8-14(9-7-13)16(26)22-11-15(20)25/h6-9H,10-12H2,1-5H3,(H2,20,25)(H,21,23)(H,22,26). The lowest BCUT2D eigenvalue weighted by Gasteiger charge is -2.62. The van der Waals surface area contributed by atoms with E-state index in [2.05, 4.69) is 48.2 Å². The first-order valence-electron chi connectivity index (χ1n) is 8.72. The summed E-state index contributed by atoms with van der Waals surface area (Å²) in [6.45, 7) is 10.4. The molecule has 0 radical (unpaired) electrons. The third-order valence-corrected chi connectivity index (χ3v) is 5.44. The fraction of sp³-hybridized carbons (Fsp3) is 0.526. The summed E-state index contributed by atoms with van der Waals surface area (Å²) in [5, 5.41) is 5.85. The third-order valence-electron chi connectivity index (χ3n) is 5.44. The Morgan fingerprint density at radius 2 is 1.77 bits per heavy atom. The molecule has 1 aliphatic rings. The summed E-state index contributed by atoms with van der Waals surface area (Å²) in [6, 6.07) is 7.22. The predicted octanol–water partition coefficient (Wildman–Crippen LogP) is 1.10. The van der Waals surface area contributed by atoms with Gasteiger partial charge in [0.05, 0.1) is 6.54 Å². The van der Waals surface area contributed by atoms with Gasteiger partial charge >= 0.3 is 0 Å². The van der Waals surface area contributed by atoms with Crippen molar-refractivity contribution in [1.29, 1.82) is 0 Å².